The van der Waals surface area contributed by atoms with E-state index >= 15 is 0 Å². The average molecular weight is 188 g/mol. The van der Waals surface area contributed by atoms with Crippen molar-refractivity contribution < 1.29 is 5.11 Å². The molecule has 0 fully saturated rings. The van der Waals surface area contributed by atoms with Crippen LogP contribution in [0, 0.1) is 23.7 Å². The van der Waals surface area contributed by atoms with Crippen LogP contribution in [0.15, 0.2) is 24.3 Å². The molecule has 0 aliphatic carbocycles. The molecular weight excluding hydrogens is 172 g/mol. The lowest BCUT2D eigenvalue weighted by molar-refractivity contribution is 0.211. The summed E-state index contributed by atoms with van der Waals surface area (Å²) in [5, 5.41) is 9.29. The van der Waals surface area contributed by atoms with Crippen molar-refractivity contribution in [1.29, 1.82) is 0 Å². The van der Waals surface area contributed by atoms with Gasteiger partial charge >= 0.3 is 0 Å². The van der Waals surface area contributed by atoms with Crippen molar-refractivity contribution in [3.8, 4) is 23.7 Å². The third-order valence-electron chi connectivity index (χ3n) is 1.44. The first-order chi connectivity index (χ1) is 6.81. The number of allylic oxidation sites excluding steroid dienone is 3. The maximum absolute atomic E-state index is 9.29. The predicted octanol–water partition coefficient (Wildman–Crippen LogP) is 2.29. The van der Waals surface area contributed by atoms with Crippen LogP contribution in [0.2, 0.25) is 0 Å². The summed E-state index contributed by atoms with van der Waals surface area (Å²) in [5.74, 6) is 10.8. The smallest absolute Gasteiger partial charge is 0.0730 e. The Morgan fingerprint density at radius 1 is 1.21 bits per heavy atom. The van der Waals surface area contributed by atoms with Gasteiger partial charge in [0, 0.05) is 0 Å². The average Bonchev–Trinajstić information content (AvgIpc) is 2.17. The lowest BCUT2D eigenvalue weighted by Gasteiger charge is -1.98. The molecule has 1 unspecified atom stereocenters. The van der Waals surface area contributed by atoms with E-state index in [1.54, 1.807) is 18.2 Å². The zero-order valence-electron chi connectivity index (χ0n) is 8.75. The molecule has 14 heavy (non-hydrogen) atoms. The van der Waals surface area contributed by atoms with Gasteiger partial charge in [0.05, 0.1) is 6.10 Å². The molecule has 0 saturated carbocycles. The standard InChI is InChI=1S/C13H16O/c1-3-5-6-7-8-9-10-12-13(14)11-4-2/h3,5,10,12-14H,4,11H2,1-2H3. The molecule has 0 bridgehead atoms. The van der Waals surface area contributed by atoms with Gasteiger partial charge in [0.2, 0.25) is 0 Å². The first-order valence-electron chi connectivity index (χ1n) is 4.78. The first-order valence-corrected chi connectivity index (χ1v) is 4.78. The van der Waals surface area contributed by atoms with Gasteiger partial charge in [-0.15, -0.1) is 0 Å². The fourth-order valence-corrected chi connectivity index (χ4v) is 0.790. The molecule has 0 radical (unpaired) electrons. The van der Waals surface area contributed by atoms with Crippen LogP contribution in [0.4, 0.5) is 0 Å². The van der Waals surface area contributed by atoms with Crippen molar-refractivity contribution in [2.75, 3.05) is 0 Å². The number of hydrogen-bond acceptors (Lipinski definition) is 1. The van der Waals surface area contributed by atoms with Crippen LogP contribution < -0.4 is 0 Å². The zero-order chi connectivity index (χ0) is 10.6. The lowest BCUT2D eigenvalue weighted by Crippen LogP contribution is -1.99. The molecule has 0 amide bonds. The van der Waals surface area contributed by atoms with Gasteiger partial charge in [-0.05, 0) is 43.4 Å². The Labute approximate surface area is 86.5 Å². The number of aliphatic hydroxyl groups is 1. The van der Waals surface area contributed by atoms with Crippen LogP contribution in [0.25, 0.3) is 0 Å². The Hall–Kier alpha value is -1.44. The van der Waals surface area contributed by atoms with Gasteiger partial charge in [-0.3, -0.25) is 0 Å². The Morgan fingerprint density at radius 3 is 2.43 bits per heavy atom. The van der Waals surface area contributed by atoms with Gasteiger partial charge in [-0.25, -0.2) is 0 Å². The maximum atomic E-state index is 9.29. The molecule has 1 nitrogen and oxygen atoms in total. The largest absolute Gasteiger partial charge is 0.389 e. The highest BCUT2D eigenvalue weighted by Crippen LogP contribution is 1.96. The van der Waals surface area contributed by atoms with Gasteiger partial charge in [0.25, 0.3) is 0 Å². The number of hydrogen-bond donors (Lipinski definition) is 1. The molecule has 1 atom stereocenters. The fraction of sp³-hybridized carbons (Fsp3) is 0.385. The minimum absolute atomic E-state index is 0.377. The molecule has 74 valence electrons. The van der Waals surface area contributed by atoms with Crippen LogP contribution in [0.5, 0.6) is 0 Å². The summed E-state index contributed by atoms with van der Waals surface area (Å²) in [7, 11) is 0. The summed E-state index contributed by atoms with van der Waals surface area (Å²) in [6, 6.07) is 0. The van der Waals surface area contributed by atoms with Gasteiger partial charge in [0.1, 0.15) is 0 Å². The molecule has 0 aliphatic heterocycles. The van der Waals surface area contributed by atoms with Crippen molar-refractivity contribution in [2.24, 2.45) is 0 Å². The molecule has 0 saturated heterocycles. The van der Waals surface area contributed by atoms with Crippen LogP contribution in [0.1, 0.15) is 26.7 Å². The molecule has 0 rings (SSSR count). The van der Waals surface area contributed by atoms with Crippen molar-refractivity contribution in [3.63, 3.8) is 0 Å². The molecule has 0 aliphatic rings. The van der Waals surface area contributed by atoms with E-state index in [1.807, 2.05) is 19.9 Å². The Kier molecular flexibility index (Phi) is 8.65. The number of rotatable bonds is 3. The first kappa shape index (κ1) is 12.6. The third kappa shape index (κ3) is 8.65. The van der Waals surface area contributed by atoms with E-state index in [-0.39, 0.29) is 6.10 Å². The summed E-state index contributed by atoms with van der Waals surface area (Å²) in [5.41, 5.74) is 0. The van der Waals surface area contributed by atoms with Crippen LogP contribution in [-0.4, -0.2) is 11.2 Å². The highest BCUT2D eigenvalue weighted by molar-refractivity contribution is 5.33. The summed E-state index contributed by atoms with van der Waals surface area (Å²) in [6.45, 7) is 3.94. The topological polar surface area (TPSA) is 20.2 Å². The molecule has 0 spiro atoms. The van der Waals surface area contributed by atoms with Gasteiger partial charge in [-0.2, -0.15) is 0 Å². The van der Waals surface area contributed by atoms with E-state index in [0.717, 1.165) is 12.8 Å². The quantitative estimate of drug-likeness (QED) is 0.674. The van der Waals surface area contributed by atoms with Crippen molar-refractivity contribution >= 4 is 0 Å². The summed E-state index contributed by atoms with van der Waals surface area (Å²) >= 11 is 0. The molecule has 0 heterocycles. The van der Waals surface area contributed by atoms with Crippen molar-refractivity contribution in [3.05, 3.63) is 24.3 Å². The van der Waals surface area contributed by atoms with Gasteiger partial charge in [0.15, 0.2) is 0 Å². The second-order valence-electron chi connectivity index (χ2n) is 2.75. The summed E-state index contributed by atoms with van der Waals surface area (Å²) in [6.07, 6.45) is 8.30. The fourth-order valence-electron chi connectivity index (χ4n) is 0.790. The second-order valence-corrected chi connectivity index (χ2v) is 2.75. The van der Waals surface area contributed by atoms with E-state index in [4.69, 9.17) is 0 Å². The molecule has 1 heteroatoms. The van der Waals surface area contributed by atoms with E-state index in [1.165, 1.54) is 0 Å². The highest BCUT2D eigenvalue weighted by atomic mass is 16.3. The van der Waals surface area contributed by atoms with Crippen molar-refractivity contribution in [2.45, 2.75) is 32.8 Å². The predicted molar refractivity (Wildman–Crippen MR) is 60.4 cm³/mol. The third-order valence-corrected chi connectivity index (χ3v) is 1.44. The minimum atomic E-state index is -0.377. The van der Waals surface area contributed by atoms with Gasteiger partial charge in [-0.1, -0.05) is 31.3 Å². The van der Waals surface area contributed by atoms with Crippen LogP contribution >= 0.6 is 0 Å². The van der Waals surface area contributed by atoms with Crippen LogP contribution in [0.3, 0.4) is 0 Å². The summed E-state index contributed by atoms with van der Waals surface area (Å²) in [4.78, 5) is 0. The lowest BCUT2D eigenvalue weighted by atomic mass is 10.2. The second kappa shape index (κ2) is 9.65. The monoisotopic (exact) mass is 188 g/mol. The highest BCUT2D eigenvalue weighted by Gasteiger charge is 1.93. The Balaban J connectivity index is 3.87. The van der Waals surface area contributed by atoms with Gasteiger partial charge < -0.3 is 5.11 Å². The molecule has 0 aromatic rings. The number of aliphatic hydroxyl groups excluding tert-OH is 1. The van der Waals surface area contributed by atoms with E-state index < -0.39 is 0 Å². The van der Waals surface area contributed by atoms with E-state index in [2.05, 4.69) is 23.7 Å². The Morgan fingerprint density at radius 2 is 1.86 bits per heavy atom. The molecular formula is C13H16O. The maximum Gasteiger partial charge on any atom is 0.0730 e. The van der Waals surface area contributed by atoms with E-state index in [0.29, 0.717) is 0 Å². The normalized spacial score (nSPS) is 11.9. The zero-order valence-corrected chi connectivity index (χ0v) is 8.75. The van der Waals surface area contributed by atoms with Crippen LogP contribution in [-0.2, 0) is 0 Å². The SMILES string of the molecule is CC=CC#CC#CC=CC(O)CCC. The summed E-state index contributed by atoms with van der Waals surface area (Å²) < 4.78 is 0. The Bertz CT molecular complexity index is 302. The molecule has 1 N–H and O–H groups in total. The van der Waals surface area contributed by atoms with Crippen molar-refractivity contribution in [1.82, 2.24) is 0 Å². The van der Waals surface area contributed by atoms with E-state index in [9.17, 15) is 5.11 Å². The molecule has 0 aromatic carbocycles. The minimum Gasteiger partial charge on any atom is -0.389 e. The molecule has 0 aromatic heterocycles.